The first-order valence-corrected chi connectivity index (χ1v) is 8.61. The predicted molar refractivity (Wildman–Crippen MR) is 91.5 cm³/mol. The van der Waals surface area contributed by atoms with Crippen molar-refractivity contribution in [1.82, 2.24) is 10.2 Å². The van der Waals surface area contributed by atoms with Gasteiger partial charge in [-0.3, -0.25) is 4.90 Å². The molecule has 0 radical (unpaired) electrons. The fourth-order valence-corrected chi connectivity index (χ4v) is 3.76. The summed E-state index contributed by atoms with van der Waals surface area (Å²) in [6.45, 7) is 12.6. The maximum atomic E-state index is 3.88. The molecule has 1 saturated carbocycles. The van der Waals surface area contributed by atoms with Gasteiger partial charge in [-0.1, -0.05) is 64.4 Å². The third-order valence-electron chi connectivity index (χ3n) is 5.25. The number of hydrogen-bond donors (Lipinski definition) is 1. The standard InChI is InChI=1S/C19H32N2/c1-5-21(6-2)17(16-11-8-7-9-12-16)15-20-18-13-10-14-19(18,3)4/h7-9,11-12,17-18,20H,5-6,10,13-15H2,1-4H3. The zero-order valence-corrected chi connectivity index (χ0v) is 14.2. The van der Waals surface area contributed by atoms with E-state index in [0.717, 1.165) is 19.6 Å². The molecule has 0 heterocycles. The molecule has 2 atom stereocenters. The maximum Gasteiger partial charge on any atom is 0.0472 e. The third-order valence-corrected chi connectivity index (χ3v) is 5.25. The van der Waals surface area contributed by atoms with Gasteiger partial charge >= 0.3 is 0 Å². The summed E-state index contributed by atoms with van der Waals surface area (Å²) in [4.78, 5) is 2.56. The lowest BCUT2D eigenvalue weighted by atomic mass is 9.87. The van der Waals surface area contributed by atoms with Crippen LogP contribution in [0.2, 0.25) is 0 Å². The van der Waals surface area contributed by atoms with Gasteiger partial charge in [0.2, 0.25) is 0 Å². The van der Waals surface area contributed by atoms with Crippen LogP contribution in [0.4, 0.5) is 0 Å². The van der Waals surface area contributed by atoms with Gasteiger partial charge in [0.25, 0.3) is 0 Å². The largest absolute Gasteiger partial charge is 0.312 e. The van der Waals surface area contributed by atoms with Crippen molar-refractivity contribution in [1.29, 1.82) is 0 Å². The monoisotopic (exact) mass is 288 g/mol. The molecule has 2 nitrogen and oxygen atoms in total. The second kappa shape index (κ2) is 7.42. The fraction of sp³-hybridized carbons (Fsp3) is 0.684. The number of hydrogen-bond acceptors (Lipinski definition) is 2. The average Bonchev–Trinajstić information content (AvgIpc) is 2.83. The first-order chi connectivity index (χ1) is 10.1. The Hall–Kier alpha value is -0.860. The van der Waals surface area contributed by atoms with Gasteiger partial charge in [-0.25, -0.2) is 0 Å². The molecular weight excluding hydrogens is 256 g/mol. The molecule has 1 aromatic rings. The Balaban J connectivity index is 2.06. The topological polar surface area (TPSA) is 15.3 Å². The Morgan fingerprint density at radius 1 is 1.19 bits per heavy atom. The second-order valence-electron chi connectivity index (χ2n) is 6.99. The molecule has 0 aliphatic heterocycles. The van der Waals surface area contributed by atoms with Crippen molar-refractivity contribution in [2.24, 2.45) is 5.41 Å². The van der Waals surface area contributed by atoms with Crippen molar-refractivity contribution < 1.29 is 0 Å². The second-order valence-corrected chi connectivity index (χ2v) is 6.99. The highest BCUT2D eigenvalue weighted by Crippen LogP contribution is 2.37. The predicted octanol–water partition coefficient (Wildman–Crippen LogP) is 4.24. The van der Waals surface area contributed by atoms with Crippen LogP contribution < -0.4 is 5.32 Å². The van der Waals surface area contributed by atoms with Gasteiger partial charge in [0.1, 0.15) is 0 Å². The summed E-state index contributed by atoms with van der Waals surface area (Å²) in [6, 6.07) is 12.1. The molecule has 1 aliphatic rings. The molecule has 0 bridgehead atoms. The molecule has 2 heteroatoms. The lowest BCUT2D eigenvalue weighted by molar-refractivity contribution is 0.192. The molecule has 0 aromatic heterocycles. The molecular formula is C19H32N2. The van der Waals surface area contributed by atoms with E-state index in [1.165, 1.54) is 24.8 Å². The Kier molecular flexibility index (Phi) is 5.83. The summed E-state index contributed by atoms with van der Waals surface area (Å²) in [5.74, 6) is 0. The van der Waals surface area contributed by atoms with Crippen molar-refractivity contribution in [2.75, 3.05) is 19.6 Å². The Bertz CT molecular complexity index is 409. The molecule has 1 aromatic carbocycles. The fourth-order valence-electron chi connectivity index (χ4n) is 3.76. The molecule has 1 fully saturated rings. The van der Waals surface area contributed by atoms with Crippen molar-refractivity contribution >= 4 is 0 Å². The van der Waals surface area contributed by atoms with Gasteiger partial charge in [0.15, 0.2) is 0 Å². The van der Waals surface area contributed by atoms with Gasteiger partial charge < -0.3 is 5.32 Å². The summed E-state index contributed by atoms with van der Waals surface area (Å²) in [5, 5.41) is 3.88. The van der Waals surface area contributed by atoms with Crippen molar-refractivity contribution in [3.8, 4) is 0 Å². The highest BCUT2D eigenvalue weighted by atomic mass is 15.2. The van der Waals surface area contributed by atoms with Crippen LogP contribution in [0.5, 0.6) is 0 Å². The third kappa shape index (κ3) is 4.08. The normalized spacial score (nSPS) is 22.6. The summed E-state index contributed by atoms with van der Waals surface area (Å²) in [7, 11) is 0. The molecule has 2 unspecified atom stereocenters. The summed E-state index contributed by atoms with van der Waals surface area (Å²) >= 11 is 0. The first kappa shape index (κ1) is 16.5. The number of likely N-dealkylation sites (N-methyl/N-ethyl adjacent to an activating group) is 1. The lowest BCUT2D eigenvalue weighted by Crippen LogP contribution is -2.43. The first-order valence-electron chi connectivity index (χ1n) is 8.61. The van der Waals surface area contributed by atoms with Gasteiger partial charge in [-0.15, -0.1) is 0 Å². The van der Waals surface area contributed by atoms with E-state index in [1.54, 1.807) is 0 Å². The van der Waals surface area contributed by atoms with Gasteiger partial charge in [0.05, 0.1) is 0 Å². The van der Waals surface area contributed by atoms with E-state index in [4.69, 9.17) is 0 Å². The van der Waals surface area contributed by atoms with Crippen LogP contribution in [0.25, 0.3) is 0 Å². The molecule has 0 spiro atoms. The van der Waals surface area contributed by atoms with Crippen LogP contribution in [0.15, 0.2) is 30.3 Å². The minimum atomic E-state index is 0.449. The quantitative estimate of drug-likeness (QED) is 0.807. The van der Waals surface area contributed by atoms with E-state index >= 15 is 0 Å². The highest BCUT2D eigenvalue weighted by molar-refractivity contribution is 5.19. The van der Waals surface area contributed by atoms with Crippen molar-refractivity contribution in [2.45, 2.75) is 59.0 Å². The molecule has 21 heavy (non-hydrogen) atoms. The van der Waals surface area contributed by atoms with E-state index in [1.807, 2.05) is 0 Å². The van der Waals surface area contributed by atoms with Gasteiger partial charge in [-0.05, 0) is 36.9 Å². The summed E-state index contributed by atoms with van der Waals surface area (Å²) in [6.07, 6.45) is 4.05. The molecule has 0 amide bonds. The van der Waals surface area contributed by atoms with Crippen LogP contribution >= 0.6 is 0 Å². The summed E-state index contributed by atoms with van der Waals surface area (Å²) < 4.78 is 0. The molecule has 0 saturated heterocycles. The van der Waals surface area contributed by atoms with Gasteiger partial charge in [0, 0.05) is 18.6 Å². The summed E-state index contributed by atoms with van der Waals surface area (Å²) in [5.41, 5.74) is 1.88. The average molecular weight is 288 g/mol. The zero-order chi connectivity index (χ0) is 15.3. The SMILES string of the molecule is CCN(CC)C(CNC1CCCC1(C)C)c1ccccc1. The van der Waals surface area contributed by atoms with E-state index in [-0.39, 0.29) is 0 Å². The number of rotatable bonds is 7. The van der Waals surface area contributed by atoms with Crippen LogP contribution in [-0.4, -0.2) is 30.6 Å². The Morgan fingerprint density at radius 3 is 2.38 bits per heavy atom. The number of benzene rings is 1. The van der Waals surface area contributed by atoms with Crippen LogP contribution in [0.1, 0.15) is 58.6 Å². The minimum absolute atomic E-state index is 0.449. The molecule has 118 valence electrons. The maximum absolute atomic E-state index is 3.88. The number of nitrogens with one attached hydrogen (secondary N) is 1. The van der Waals surface area contributed by atoms with Crippen LogP contribution in [0.3, 0.4) is 0 Å². The van der Waals surface area contributed by atoms with Gasteiger partial charge in [-0.2, -0.15) is 0 Å². The van der Waals surface area contributed by atoms with Crippen LogP contribution in [-0.2, 0) is 0 Å². The molecule has 1 N–H and O–H groups in total. The Morgan fingerprint density at radius 2 is 1.86 bits per heavy atom. The minimum Gasteiger partial charge on any atom is -0.312 e. The zero-order valence-electron chi connectivity index (χ0n) is 14.2. The van der Waals surface area contributed by atoms with E-state index in [0.29, 0.717) is 17.5 Å². The van der Waals surface area contributed by atoms with Crippen molar-refractivity contribution in [3.63, 3.8) is 0 Å². The van der Waals surface area contributed by atoms with Crippen LogP contribution in [0, 0.1) is 5.41 Å². The van der Waals surface area contributed by atoms with Crippen molar-refractivity contribution in [3.05, 3.63) is 35.9 Å². The van der Waals surface area contributed by atoms with E-state index in [2.05, 4.69) is 68.2 Å². The van der Waals surface area contributed by atoms with E-state index in [9.17, 15) is 0 Å². The highest BCUT2D eigenvalue weighted by Gasteiger charge is 2.34. The Labute approximate surface area is 130 Å². The number of nitrogens with zero attached hydrogens (tertiary/aromatic N) is 1. The lowest BCUT2D eigenvalue weighted by Gasteiger charge is -2.34. The smallest absolute Gasteiger partial charge is 0.0472 e. The molecule has 1 aliphatic carbocycles. The van der Waals surface area contributed by atoms with E-state index < -0.39 is 0 Å². The molecule has 2 rings (SSSR count).